The number of amides is 1. The molecular weight excluding hydrogens is 364 g/mol. The number of benzene rings is 1. The predicted molar refractivity (Wildman–Crippen MR) is 107 cm³/mol. The molecule has 0 atom stereocenters. The molecule has 27 heavy (non-hydrogen) atoms. The second-order valence-corrected chi connectivity index (χ2v) is 7.58. The van der Waals surface area contributed by atoms with E-state index in [2.05, 4.69) is 10.2 Å². The first kappa shape index (κ1) is 19.8. The Kier molecular flexibility index (Phi) is 6.45. The Labute approximate surface area is 165 Å². The van der Waals surface area contributed by atoms with Crippen LogP contribution < -0.4 is 10.1 Å². The van der Waals surface area contributed by atoms with Crippen LogP contribution >= 0.6 is 11.6 Å². The summed E-state index contributed by atoms with van der Waals surface area (Å²) in [5.74, 6) is 1.91. The molecule has 5 nitrogen and oxygen atoms in total. The highest BCUT2D eigenvalue weighted by Crippen LogP contribution is 2.24. The molecular formula is C21H27ClN2O3. The van der Waals surface area contributed by atoms with Crippen LogP contribution in [0, 0.1) is 20.8 Å². The Morgan fingerprint density at radius 3 is 2.59 bits per heavy atom. The van der Waals surface area contributed by atoms with Gasteiger partial charge in [0.2, 0.25) is 0 Å². The number of hydrogen-bond acceptors (Lipinski definition) is 4. The van der Waals surface area contributed by atoms with Crippen molar-refractivity contribution in [3.63, 3.8) is 0 Å². The molecule has 0 radical (unpaired) electrons. The molecule has 2 aromatic rings. The number of carbonyl (C=O) groups excluding carboxylic acids is 1. The maximum atomic E-state index is 12.1. The summed E-state index contributed by atoms with van der Waals surface area (Å²) in [6, 6.07) is 7.58. The number of hydrogen-bond donors (Lipinski definition) is 1. The average molecular weight is 391 g/mol. The van der Waals surface area contributed by atoms with E-state index in [9.17, 15) is 4.79 Å². The van der Waals surface area contributed by atoms with E-state index in [0.29, 0.717) is 12.3 Å². The number of aryl methyl sites for hydroxylation is 3. The van der Waals surface area contributed by atoms with Crippen molar-refractivity contribution in [3.05, 3.63) is 51.9 Å². The van der Waals surface area contributed by atoms with Gasteiger partial charge in [-0.3, -0.25) is 4.79 Å². The average Bonchev–Trinajstić information content (AvgIpc) is 2.99. The fraction of sp³-hybridized carbons (Fsp3) is 0.476. The minimum absolute atomic E-state index is 0.150. The second kappa shape index (κ2) is 8.81. The molecule has 1 aliphatic heterocycles. The monoisotopic (exact) mass is 390 g/mol. The quantitative estimate of drug-likeness (QED) is 0.805. The third kappa shape index (κ3) is 5.27. The van der Waals surface area contributed by atoms with Crippen LogP contribution in [0.5, 0.6) is 5.75 Å². The van der Waals surface area contributed by atoms with Crippen molar-refractivity contribution in [2.24, 2.45) is 0 Å². The number of piperidine rings is 1. The molecule has 0 spiro atoms. The van der Waals surface area contributed by atoms with Gasteiger partial charge in [0.25, 0.3) is 5.91 Å². The predicted octanol–water partition coefficient (Wildman–Crippen LogP) is 4.13. The Balaban J connectivity index is 1.38. The molecule has 0 unspecified atom stereocenters. The zero-order chi connectivity index (χ0) is 19.4. The highest BCUT2D eigenvalue weighted by molar-refractivity contribution is 6.31. The van der Waals surface area contributed by atoms with E-state index < -0.39 is 0 Å². The summed E-state index contributed by atoms with van der Waals surface area (Å²) in [4.78, 5) is 14.5. The highest BCUT2D eigenvalue weighted by Gasteiger charge is 2.21. The summed E-state index contributed by atoms with van der Waals surface area (Å²) in [6.07, 6.45) is 2.18. The van der Waals surface area contributed by atoms with Gasteiger partial charge in [-0.05, 0) is 69.0 Å². The van der Waals surface area contributed by atoms with E-state index in [0.717, 1.165) is 60.1 Å². The van der Waals surface area contributed by atoms with E-state index in [-0.39, 0.29) is 12.0 Å². The molecule has 146 valence electrons. The van der Waals surface area contributed by atoms with Crippen molar-refractivity contribution in [1.29, 1.82) is 0 Å². The third-order valence-corrected chi connectivity index (χ3v) is 5.49. The van der Waals surface area contributed by atoms with Crippen LogP contribution in [0.3, 0.4) is 0 Å². The SMILES string of the molecule is Cc1cc(OC2CCN(CCNC(=O)c3cc(C)c(C)o3)CC2)ccc1Cl. The normalized spacial score (nSPS) is 15.7. The van der Waals surface area contributed by atoms with Gasteiger partial charge in [-0.25, -0.2) is 0 Å². The standard InChI is InChI=1S/C21H27ClN2O3/c1-14-13-20(26-16(14)3)21(25)23-8-11-24-9-6-17(7-10-24)27-18-4-5-19(22)15(2)12-18/h4-5,12-13,17H,6-11H2,1-3H3,(H,23,25). The van der Waals surface area contributed by atoms with Crippen LogP contribution in [-0.4, -0.2) is 43.1 Å². The molecule has 0 aliphatic carbocycles. The molecule has 1 amide bonds. The van der Waals surface area contributed by atoms with Gasteiger partial charge in [0.15, 0.2) is 5.76 Å². The van der Waals surface area contributed by atoms with Gasteiger partial charge in [0, 0.05) is 31.2 Å². The minimum atomic E-state index is -0.150. The zero-order valence-corrected chi connectivity index (χ0v) is 16.9. The molecule has 1 fully saturated rings. The molecule has 0 saturated carbocycles. The first-order chi connectivity index (χ1) is 12.9. The zero-order valence-electron chi connectivity index (χ0n) is 16.2. The number of halogens is 1. The maximum Gasteiger partial charge on any atom is 0.287 e. The summed E-state index contributed by atoms with van der Waals surface area (Å²) < 4.78 is 11.5. The van der Waals surface area contributed by atoms with E-state index in [4.69, 9.17) is 20.8 Å². The van der Waals surface area contributed by atoms with Gasteiger partial charge < -0.3 is 19.4 Å². The molecule has 6 heteroatoms. The first-order valence-corrected chi connectivity index (χ1v) is 9.80. The third-order valence-electron chi connectivity index (χ3n) is 5.07. The summed E-state index contributed by atoms with van der Waals surface area (Å²) in [6.45, 7) is 9.16. The lowest BCUT2D eigenvalue weighted by molar-refractivity contribution is 0.0883. The Bertz CT molecular complexity index is 775. The molecule has 1 aromatic carbocycles. The number of nitrogens with one attached hydrogen (secondary N) is 1. The summed E-state index contributed by atoms with van der Waals surface area (Å²) in [7, 11) is 0. The number of likely N-dealkylation sites (tertiary alicyclic amines) is 1. The van der Waals surface area contributed by atoms with E-state index in [1.807, 2.05) is 39.0 Å². The number of nitrogens with zero attached hydrogens (tertiary/aromatic N) is 1. The smallest absolute Gasteiger partial charge is 0.287 e. The van der Waals surface area contributed by atoms with Crippen LogP contribution in [0.15, 0.2) is 28.7 Å². The molecule has 0 bridgehead atoms. The molecule has 1 N–H and O–H groups in total. The van der Waals surface area contributed by atoms with Crippen LogP contribution in [0.4, 0.5) is 0 Å². The molecule has 2 heterocycles. The van der Waals surface area contributed by atoms with Crippen LogP contribution in [0.25, 0.3) is 0 Å². The number of rotatable bonds is 6. The van der Waals surface area contributed by atoms with Crippen molar-refractivity contribution in [3.8, 4) is 5.75 Å². The topological polar surface area (TPSA) is 54.7 Å². The summed E-state index contributed by atoms with van der Waals surface area (Å²) in [5, 5.41) is 3.69. The van der Waals surface area contributed by atoms with E-state index in [1.54, 1.807) is 6.07 Å². The van der Waals surface area contributed by atoms with E-state index >= 15 is 0 Å². The molecule has 1 aliphatic rings. The Morgan fingerprint density at radius 1 is 1.22 bits per heavy atom. The van der Waals surface area contributed by atoms with Crippen molar-refractivity contribution >= 4 is 17.5 Å². The number of furan rings is 1. The largest absolute Gasteiger partial charge is 0.490 e. The van der Waals surface area contributed by atoms with Crippen molar-refractivity contribution < 1.29 is 13.9 Å². The first-order valence-electron chi connectivity index (χ1n) is 9.43. The lowest BCUT2D eigenvalue weighted by Crippen LogP contribution is -2.42. The van der Waals surface area contributed by atoms with Crippen LogP contribution in [0.1, 0.15) is 40.3 Å². The summed E-state index contributed by atoms with van der Waals surface area (Å²) >= 11 is 6.06. The van der Waals surface area contributed by atoms with Crippen LogP contribution in [-0.2, 0) is 0 Å². The molecule has 3 rings (SSSR count). The van der Waals surface area contributed by atoms with Gasteiger partial charge in [0.1, 0.15) is 17.6 Å². The van der Waals surface area contributed by atoms with Crippen molar-refractivity contribution in [2.45, 2.75) is 39.7 Å². The van der Waals surface area contributed by atoms with Crippen molar-refractivity contribution in [2.75, 3.05) is 26.2 Å². The minimum Gasteiger partial charge on any atom is -0.490 e. The van der Waals surface area contributed by atoms with Gasteiger partial charge in [-0.1, -0.05) is 11.6 Å². The Morgan fingerprint density at radius 2 is 1.96 bits per heavy atom. The fourth-order valence-corrected chi connectivity index (χ4v) is 3.35. The number of carbonyl (C=O) groups is 1. The number of ether oxygens (including phenoxy) is 1. The van der Waals surface area contributed by atoms with Gasteiger partial charge >= 0.3 is 0 Å². The van der Waals surface area contributed by atoms with Gasteiger partial charge in [-0.15, -0.1) is 0 Å². The van der Waals surface area contributed by atoms with E-state index in [1.165, 1.54) is 0 Å². The fourth-order valence-electron chi connectivity index (χ4n) is 3.23. The summed E-state index contributed by atoms with van der Waals surface area (Å²) in [5.41, 5.74) is 2.03. The maximum absolute atomic E-state index is 12.1. The van der Waals surface area contributed by atoms with Crippen LogP contribution in [0.2, 0.25) is 5.02 Å². The molecule has 1 saturated heterocycles. The Hall–Kier alpha value is -1.98. The molecule has 1 aromatic heterocycles. The second-order valence-electron chi connectivity index (χ2n) is 7.18. The highest BCUT2D eigenvalue weighted by atomic mass is 35.5. The van der Waals surface area contributed by atoms with Gasteiger partial charge in [0.05, 0.1) is 0 Å². The van der Waals surface area contributed by atoms with Gasteiger partial charge in [-0.2, -0.15) is 0 Å². The van der Waals surface area contributed by atoms with Crippen molar-refractivity contribution in [1.82, 2.24) is 10.2 Å². The lowest BCUT2D eigenvalue weighted by Gasteiger charge is -2.32. The lowest BCUT2D eigenvalue weighted by atomic mass is 10.1.